The Morgan fingerprint density at radius 1 is 1.25 bits per heavy atom. The number of hydrogen-bond acceptors (Lipinski definition) is 6. The molecule has 2 aromatic heterocycles. The molecule has 3 rings (SSSR count). The minimum Gasteiger partial charge on any atom is -0.292 e. The topological polar surface area (TPSA) is 90.3 Å². The zero-order valence-electron chi connectivity index (χ0n) is 16.5. The molecule has 0 bridgehead atoms. The lowest BCUT2D eigenvalue weighted by molar-refractivity contribution is -0.115. The van der Waals surface area contributed by atoms with Crippen molar-refractivity contribution in [1.29, 1.82) is 0 Å². The third kappa shape index (κ3) is 4.28. The summed E-state index contributed by atoms with van der Waals surface area (Å²) in [4.78, 5) is 16.8. The van der Waals surface area contributed by atoms with Crippen LogP contribution in [0.4, 0.5) is 5.69 Å². The number of azo groups is 1. The van der Waals surface area contributed by atoms with Crippen molar-refractivity contribution in [2.75, 3.05) is 0 Å². The van der Waals surface area contributed by atoms with Crippen molar-refractivity contribution in [3.8, 4) is 11.4 Å². The third-order valence-electron chi connectivity index (χ3n) is 4.31. The van der Waals surface area contributed by atoms with Gasteiger partial charge in [0.2, 0.25) is 0 Å². The number of ketones is 1. The fourth-order valence-corrected chi connectivity index (χ4v) is 2.68. The van der Waals surface area contributed by atoms with Gasteiger partial charge in [0.1, 0.15) is 17.7 Å². The first-order valence-corrected chi connectivity index (χ1v) is 9.16. The minimum atomic E-state index is -0.0658. The van der Waals surface area contributed by atoms with Gasteiger partial charge in [0.15, 0.2) is 11.6 Å². The molecule has 0 saturated carbocycles. The van der Waals surface area contributed by atoms with E-state index in [4.69, 9.17) is 0 Å². The molecule has 0 radical (unpaired) electrons. The second-order valence-corrected chi connectivity index (χ2v) is 6.33. The Labute approximate surface area is 163 Å². The first kappa shape index (κ1) is 19.3. The van der Waals surface area contributed by atoms with E-state index in [-0.39, 0.29) is 5.78 Å². The van der Waals surface area contributed by atoms with Gasteiger partial charge in [-0.3, -0.25) is 14.2 Å². The Morgan fingerprint density at radius 3 is 2.71 bits per heavy atom. The van der Waals surface area contributed by atoms with Gasteiger partial charge in [-0.15, -0.1) is 10.2 Å². The molecule has 0 amide bonds. The summed E-state index contributed by atoms with van der Waals surface area (Å²) in [5.74, 6) is 0.584. The van der Waals surface area contributed by atoms with Crippen molar-refractivity contribution in [3.05, 3.63) is 54.2 Å². The summed E-state index contributed by atoms with van der Waals surface area (Å²) in [5, 5.41) is 16.9. The van der Waals surface area contributed by atoms with E-state index in [2.05, 4.69) is 25.4 Å². The van der Waals surface area contributed by atoms with Crippen molar-refractivity contribution in [2.24, 2.45) is 17.3 Å². The van der Waals surface area contributed by atoms with Crippen molar-refractivity contribution in [1.82, 2.24) is 24.5 Å². The van der Waals surface area contributed by atoms with Gasteiger partial charge in [0.25, 0.3) is 0 Å². The van der Waals surface area contributed by atoms with Gasteiger partial charge >= 0.3 is 0 Å². The molecule has 0 atom stereocenters. The average molecular weight is 377 g/mol. The molecule has 1 aromatic carbocycles. The van der Waals surface area contributed by atoms with Crippen LogP contribution in [0, 0.1) is 0 Å². The van der Waals surface area contributed by atoms with Gasteiger partial charge in [0.05, 0.1) is 12.4 Å². The molecule has 0 spiro atoms. The normalized spacial score (nSPS) is 12.4. The molecule has 8 heteroatoms. The molecule has 8 nitrogen and oxygen atoms in total. The maximum Gasteiger partial charge on any atom is 0.183 e. The number of carbonyl (C=O) groups excluding carboxylic acids is 1. The second-order valence-electron chi connectivity index (χ2n) is 6.33. The minimum absolute atomic E-state index is 0.0658. The van der Waals surface area contributed by atoms with Crippen molar-refractivity contribution < 1.29 is 4.79 Å². The quantitative estimate of drug-likeness (QED) is 0.456. The highest BCUT2D eigenvalue weighted by atomic mass is 16.1. The van der Waals surface area contributed by atoms with E-state index in [0.29, 0.717) is 23.6 Å². The largest absolute Gasteiger partial charge is 0.292 e. The lowest BCUT2D eigenvalue weighted by atomic mass is 10.0. The molecule has 144 valence electrons. The van der Waals surface area contributed by atoms with Crippen LogP contribution < -0.4 is 0 Å². The van der Waals surface area contributed by atoms with Crippen LogP contribution in [0.2, 0.25) is 0 Å². The molecule has 0 saturated heterocycles. The SMILES string of the molecule is CCC(=O)/C(N=Nc1cnn(C)c1)=C(\C)c1cccc(-c2ncn(CC)n2)c1. The zero-order valence-corrected chi connectivity index (χ0v) is 16.5. The van der Waals surface area contributed by atoms with Crippen molar-refractivity contribution in [2.45, 2.75) is 33.7 Å². The third-order valence-corrected chi connectivity index (χ3v) is 4.31. The van der Waals surface area contributed by atoms with E-state index in [9.17, 15) is 4.79 Å². The number of rotatable bonds is 7. The van der Waals surface area contributed by atoms with Crippen molar-refractivity contribution >= 4 is 17.0 Å². The van der Waals surface area contributed by atoms with E-state index >= 15 is 0 Å². The van der Waals surface area contributed by atoms with Crippen LogP contribution in [0.5, 0.6) is 0 Å². The van der Waals surface area contributed by atoms with E-state index in [1.165, 1.54) is 0 Å². The number of Topliss-reactive ketones (excluding diaryl/α,β-unsaturated/α-hetero) is 1. The van der Waals surface area contributed by atoms with Crippen LogP contribution in [-0.2, 0) is 18.4 Å². The lowest BCUT2D eigenvalue weighted by Gasteiger charge is -2.07. The summed E-state index contributed by atoms with van der Waals surface area (Å²) in [7, 11) is 1.80. The van der Waals surface area contributed by atoms with E-state index in [1.54, 1.807) is 35.1 Å². The van der Waals surface area contributed by atoms with Crippen LogP contribution in [0.25, 0.3) is 17.0 Å². The summed E-state index contributed by atoms with van der Waals surface area (Å²) < 4.78 is 3.41. The first-order valence-electron chi connectivity index (χ1n) is 9.16. The van der Waals surface area contributed by atoms with Crippen LogP contribution in [0.3, 0.4) is 0 Å². The standard InChI is InChI=1S/C20H23N7O/c1-5-18(28)19(24-23-17-11-22-26(4)12-17)14(3)15-8-7-9-16(10-15)20-21-13-27(6-2)25-20/h7-13H,5-6H2,1-4H3/b19-14-,24-23?. The monoisotopic (exact) mass is 377 g/mol. The Morgan fingerprint density at radius 2 is 2.07 bits per heavy atom. The number of nitrogens with zero attached hydrogens (tertiary/aromatic N) is 7. The molecular formula is C20H23N7O. The molecule has 0 unspecified atom stereocenters. The second kappa shape index (κ2) is 8.51. The number of aromatic nitrogens is 5. The Balaban J connectivity index is 1.99. The fourth-order valence-electron chi connectivity index (χ4n) is 2.68. The van der Waals surface area contributed by atoms with E-state index in [1.807, 2.05) is 45.0 Å². The number of hydrogen-bond donors (Lipinski definition) is 0. The van der Waals surface area contributed by atoms with Gasteiger partial charge in [-0.1, -0.05) is 25.1 Å². The maximum absolute atomic E-state index is 12.5. The highest BCUT2D eigenvalue weighted by Crippen LogP contribution is 2.26. The van der Waals surface area contributed by atoms with Gasteiger partial charge in [-0.2, -0.15) is 10.2 Å². The number of allylic oxidation sites excluding steroid dienone is 2. The highest BCUT2D eigenvalue weighted by molar-refractivity contribution is 6.01. The summed E-state index contributed by atoms with van der Waals surface area (Å²) in [6.45, 7) is 6.46. The first-order chi connectivity index (χ1) is 13.5. The number of carbonyl (C=O) groups is 1. The van der Waals surface area contributed by atoms with Gasteiger partial charge in [0, 0.05) is 25.6 Å². The fraction of sp³-hybridized carbons (Fsp3) is 0.300. The molecule has 28 heavy (non-hydrogen) atoms. The Hall–Kier alpha value is -3.42. The summed E-state index contributed by atoms with van der Waals surface area (Å²) >= 11 is 0. The molecule has 0 N–H and O–H groups in total. The van der Waals surface area contributed by atoms with Gasteiger partial charge < -0.3 is 0 Å². The lowest BCUT2D eigenvalue weighted by Crippen LogP contribution is -2.01. The van der Waals surface area contributed by atoms with Crippen LogP contribution in [0.1, 0.15) is 32.8 Å². The van der Waals surface area contributed by atoms with Gasteiger partial charge in [-0.05, 0) is 31.1 Å². The predicted molar refractivity (Wildman–Crippen MR) is 107 cm³/mol. The van der Waals surface area contributed by atoms with E-state index < -0.39 is 0 Å². The molecule has 3 aromatic rings. The predicted octanol–water partition coefficient (Wildman–Crippen LogP) is 4.19. The smallest absolute Gasteiger partial charge is 0.183 e. The van der Waals surface area contributed by atoms with Crippen LogP contribution >= 0.6 is 0 Å². The molecular weight excluding hydrogens is 354 g/mol. The summed E-state index contributed by atoms with van der Waals surface area (Å²) in [5.41, 5.74) is 3.47. The summed E-state index contributed by atoms with van der Waals surface area (Å²) in [6.07, 6.45) is 5.40. The number of aryl methyl sites for hydroxylation is 2. The van der Waals surface area contributed by atoms with E-state index in [0.717, 1.165) is 23.2 Å². The zero-order chi connectivity index (χ0) is 20.1. The van der Waals surface area contributed by atoms with Crippen LogP contribution in [-0.4, -0.2) is 30.3 Å². The Kier molecular flexibility index (Phi) is 5.88. The van der Waals surface area contributed by atoms with Crippen LogP contribution in [0.15, 0.2) is 58.9 Å². The molecule has 0 aliphatic rings. The molecule has 0 fully saturated rings. The maximum atomic E-state index is 12.5. The summed E-state index contributed by atoms with van der Waals surface area (Å²) in [6, 6.07) is 7.78. The van der Waals surface area contributed by atoms with Gasteiger partial charge in [-0.25, -0.2) is 4.98 Å². The molecule has 0 aliphatic carbocycles. The highest BCUT2D eigenvalue weighted by Gasteiger charge is 2.14. The average Bonchev–Trinajstić information content (AvgIpc) is 3.36. The molecule has 2 heterocycles. The van der Waals surface area contributed by atoms with Crippen molar-refractivity contribution in [3.63, 3.8) is 0 Å². The Bertz CT molecular complexity index is 1040. The molecule has 0 aliphatic heterocycles. The number of benzene rings is 1.